The zero-order chi connectivity index (χ0) is 27.4. The topological polar surface area (TPSA) is 145 Å². The molecule has 8 nitrogen and oxygen atoms in total. The Kier molecular flexibility index (Phi) is 6.80. The average Bonchev–Trinajstić information content (AvgIpc) is 3.07. The first-order valence-electron chi connectivity index (χ1n) is 12.6. The van der Waals surface area contributed by atoms with Crippen LogP contribution in [-0.4, -0.2) is 66.9 Å². The molecule has 0 bridgehead atoms. The molecule has 0 spiro atoms. The molecule has 0 aliphatic heterocycles. The molecule has 0 amide bonds. The maximum Gasteiger partial charge on any atom is 0.337 e. The van der Waals surface area contributed by atoms with E-state index in [1.165, 1.54) is 30.6 Å². The Balaban J connectivity index is 0.000000301. The Labute approximate surface area is 214 Å². The van der Waals surface area contributed by atoms with Crippen LogP contribution in [0.4, 0.5) is 4.39 Å². The van der Waals surface area contributed by atoms with Gasteiger partial charge in [-0.1, -0.05) is 25.5 Å². The van der Waals surface area contributed by atoms with Crippen LogP contribution < -0.4 is 0 Å². The monoisotopic (exact) mass is 515 g/mol. The van der Waals surface area contributed by atoms with Crippen LogP contribution in [0.1, 0.15) is 56.8 Å². The second-order valence-corrected chi connectivity index (χ2v) is 11.3. The van der Waals surface area contributed by atoms with Crippen LogP contribution in [0.2, 0.25) is 0 Å². The summed E-state index contributed by atoms with van der Waals surface area (Å²) >= 11 is 0. The molecule has 0 unspecified atom stereocenters. The third-order valence-corrected chi connectivity index (χ3v) is 9.70. The van der Waals surface area contributed by atoms with Gasteiger partial charge in [0, 0.05) is 29.1 Å². The van der Waals surface area contributed by atoms with E-state index in [1.807, 2.05) is 0 Å². The molecule has 0 aromatic carbocycles. The molecule has 1 aromatic rings. The molecule has 3 saturated carbocycles. The lowest BCUT2D eigenvalue weighted by Gasteiger charge is -2.62. The van der Waals surface area contributed by atoms with Gasteiger partial charge in [-0.15, -0.1) is 0 Å². The van der Waals surface area contributed by atoms with Crippen LogP contribution in [0.15, 0.2) is 48.3 Å². The Morgan fingerprint density at radius 3 is 2.51 bits per heavy atom. The number of allylic oxidation sites excluding steroid dienone is 4. The summed E-state index contributed by atoms with van der Waals surface area (Å²) in [5.74, 6) is -3.06. The summed E-state index contributed by atoms with van der Waals surface area (Å²) in [5, 5.41) is 40.3. The summed E-state index contributed by atoms with van der Waals surface area (Å²) < 4.78 is 16.9. The number of nitrogens with zero attached hydrogens (tertiary/aromatic N) is 1. The molecule has 8 atom stereocenters. The van der Waals surface area contributed by atoms with Crippen molar-refractivity contribution in [1.82, 2.24) is 4.98 Å². The number of pyridine rings is 1. The molecule has 4 aliphatic rings. The predicted octanol–water partition coefficient (Wildman–Crippen LogP) is 2.68. The summed E-state index contributed by atoms with van der Waals surface area (Å²) in [6, 6.07) is 3.08. The number of carbonyl (C=O) groups excluding carboxylic acids is 2. The molecule has 200 valence electrons. The maximum absolute atomic E-state index is 16.9. The van der Waals surface area contributed by atoms with Gasteiger partial charge >= 0.3 is 5.97 Å². The largest absolute Gasteiger partial charge is 0.478 e. The Hall–Kier alpha value is -2.75. The third kappa shape index (κ3) is 3.73. The minimum absolute atomic E-state index is 0.0676. The average molecular weight is 516 g/mol. The number of carbonyl (C=O) groups is 3. The fraction of sp³-hybridized carbons (Fsp3) is 0.571. The van der Waals surface area contributed by atoms with Crippen LogP contribution in [0.5, 0.6) is 0 Å². The lowest BCUT2D eigenvalue weighted by molar-refractivity contribution is -0.219. The molecule has 3 fully saturated rings. The molecule has 4 aliphatic carbocycles. The first-order chi connectivity index (χ1) is 17.3. The third-order valence-electron chi connectivity index (χ3n) is 9.70. The standard InChI is InChI=1S/C22H29FO5.C6H5NO2/c1-12-8-16-15-5-4-13-9-14(25)6-7-19(13,2)21(15,23)17(26)10-20(16,3)22(12,28)18(27)11-24;8-6(9)5-2-1-3-7-4-5/h6-7,9,12,15-17,24,26,28H,4-5,8,10-11H2,1-3H3;1-4H,(H,8,9)/t12-,15+,16+,17+,19+,20+,21+,22+;/m1./s1. The van der Waals surface area contributed by atoms with Gasteiger partial charge in [-0.3, -0.25) is 14.6 Å². The molecule has 0 saturated heterocycles. The second-order valence-electron chi connectivity index (χ2n) is 11.3. The minimum Gasteiger partial charge on any atom is -0.478 e. The summed E-state index contributed by atoms with van der Waals surface area (Å²) in [7, 11) is 0. The fourth-order valence-corrected chi connectivity index (χ4v) is 7.75. The highest BCUT2D eigenvalue weighted by Gasteiger charge is 2.75. The zero-order valence-electron chi connectivity index (χ0n) is 21.2. The van der Waals surface area contributed by atoms with Crippen molar-refractivity contribution in [3.05, 3.63) is 53.9 Å². The molecular formula is C28H34FNO7. The Morgan fingerprint density at radius 1 is 1.24 bits per heavy atom. The van der Waals surface area contributed by atoms with Gasteiger partial charge in [0.25, 0.3) is 0 Å². The maximum atomic E-state index is 16.9. The number of carboxylic acids is 1. The number of rotatable bonds is 3. The molecule has 0 radical (unpaired) electrons. The molecular weight excluding hydrogens is 481 g/mol. The molecule has 4 N–H and O–H groups in total. The second kappa shape index (κ2) is 9.22. The van der Waals surface area contributed by atoms with Crippen molar-refractivity contribution in [1.29, 1.82) is 0 Å². The molecule has 9 heteroatoms. The molecule has 5 rings (SSSR count). The number of fused-ring (bicyclic) bond motifs is 5. The number of hydrogen-bond donors (Lipinski definition) is 4. The van der Waals surface area contributed by atoms with E-state index in [9.17, 15) is 29.7 Å². The summed E-state index contributed by atoms with van der Waals surface area (Å²) in [4.78, 5) is 38.2. The van der Waals surface area contributed by atoms with Crippen LogP contribution in [0.25, 0.3) is 0 Å². The number of hydrogen-bond acceptors (Lipinski definition) is 7. The molecule has 1 aromatic heterocycles. The van der Waals surface area contributed by atoms with Crippen molar-refractivity contribution in [2.45, 2.75) is 63.8 Å². The first-order valence-corrected chi connectivity index (χ1v) is 12.6. The number of carboxylic acid groups (broad SMARTS) is 1. The van der Waals surface area contributed by atoms with Gasteiger partial charge in [0.2, 0.25) is 0 Å². The van der Waals surface area contributed by atoms with Crippen molar-refractivity contribution in [3.8, 4) is 0 Å². The fourth-order valence-electron chi connectivity index (χ4n) is 7.75. The number of aromatic carboxylic acids is 1. The van der Waals surface area contributed by atoms with E-state index in [2.05, 4.69) is 4.98 Å². The van der Waals surface area contributed by atoms with Crippen LogP contribution in [-0.2, 0) is 9.59 Å². The smallest absolute Gasteiger partial charge is 0.337 e. The van der Waals surface area contributed by atoms with Gasteiger partial charge in [0.15, 0.2) is 17.2 Å². The van der Waals surface area contributed by atoms with Gasteiger partial charge < -0.3 is 20.4 Å². The summed E-state index contributed by atoms with van der Waals surface area (Å²) in [6.45, 7) is 4.48. The highest BCUT2D eigenvalue weighted by molar-refractivity contribution is 6.01. The Bertz CT molecular complexity index is 1170. The highest BCUT2D eigenvalue weighted by atomic mass is 19.1. The van der Waals surface area contributed by atoms with Crippen LogP contribution in [0, 0.1) is 28.6 Å². The van der Waals surface area contributed by atoms with E-state index in [0.717, 1.165) is 0 Å². The van der Waals surface area contributed by atoms with E-state index in [1.54, 1.807) is 32.9 Å². The van der Waals surface area contributed by atoms with Crippen molar-refractivity contribution in [2.24, 2.45) is 28.6 Å². The molecule has 1 heterocycles. The van der Waals surface area contributed by atoms with E-state index in [-0.39, 0.29) is 23.7 Å². The summed E-state index contributed by atoms with van der Waals surface area (Å²) in [5.41, 5.74) is -4.95. The lowest BCUT2D eigenvalue weighted by atomic mass is 9.44. The van der Waals surface area contributed by atoms with Crippen LogP contribution in [0.3, 0.4) is 0 Å². The van der Waals surface area contributed by atoms with Gasteiger partial charge in [0.1, 0.15) is 12.2 Å². The van der Waals surface area contributed by atoms with E-state index in [4.69, 9.17) is 5.11 Å². The predicted molar refractivity (Wildman–Crippen MR) is 131 cm³/mol. The van der Waals surface area contributed by atoms with E-state index < -0.39 is 58.4 Å². The van der Waals surface area contributed by atoms with E-state index in [0.29, 0.717) is 24.8 Å². The number of halogens is 1. The SMILES string of the molecule is C[C@@H]1C[C@H]2[C@@H]3CCC4=CC(=O)C=C[C@]4(C)[C@@]3(F)[C@@H](O)C[C@]2(C)[C@@]1(O)C(=O)CO.O=C(O)c1cccnc1. The zero-order valence-corrected chi connectivity index (χ0v) is 21.2. The van der Waals surface area contributed by atoms with Crippen molar-refractivity contribution < 1.29 is 39.2 Å². The van der Waals surface area contributed by atoms with Crippen molar-refractivity contribution in [2.75, 3.05) is 6.61 Å². The number of aliphatic hydroxyl groups is 3. The van der Waals surface area contributed by atoms with Gasteiger partial charge in [-0.2, -0.15) is 0 Å². The highest BCUT2D eigenvalue weighted by Crippen LogP contribution is 2.70. The number of Topliss-reactive ketones (excluding diaryl/α,β-unsaturated/α-hetero) is 1. The number of alkyl halides is 1. The van der Waals surface area contributed by atoms with Gasteiger partial charge in [0.05, 0.1) is 11.7 Å². The normalized spacial score (nSPS) is 41.9. The summed E-state index contributed by atoms with van der Waals surface area (Å²) in [6.07, 6.45) is 7.28. The number of aromatic nitrogens is 1. The Morgan fingerprint density at radius 2 is 1.95 bits per heavy atom. The lowest BCUT2D eigenvalue weighted by Crippen LogP contribution is -2.69. The van der Waals surface area contributed by atoms with E-state index >= 15 is 4.39 Å². The number of aliphatic hydroxyl groups excluding tert-OH is 2. The van der Waals surface area contributed by atoms with Crippen molar-refractivity contribution in [3.63, 3.8) is 0 Å². The van der Waals surface area contributed by atoms with Gasteiger partial charge in [-0.25, -0.2) is 9.18 Å². The van der Waals surface area contributed by atoms with Crippen molar-refractivity contribution >= 4 is 17.5 Å². The molecule has 37 heavy (non-hydrogen) atoms. The van der Waals surface area contributed by atoms with Crippen LogP contribution >= 0.6 is 0 Å². The first kappa shape index (κ1) is 27.3. The van der Waals surface area contributed by atoms with Gasteiger partial charge in [-0.05, 0) is 68.7 Å². The quantitative estimate of drug-likeness (QED) is 0.481. The number of ketones is 2. The minimum atomic E-state index is -1.98.